The van der Waals surface area contributed by atoms with Crippen molar-refractivity contribution in [3.8, 4) is 0 Å². The van der Waals surface area contributed by atoms with E-state index in [2.05, 4.69) is 51.0 Å². The van der Waals surface area contributed by atoms with Gasteiger partial charge in [0.15, 0.2) is 5.89 Å². The molecule has 0 amide bonds. The Balaban J connectivity index is 1.44. The molecule has 0 radical (unpaired) electrons. The molecule has 1 saturated heterocycles. The fourth-order valence-corrected chi connectivity index (χ4v) is 3.52. The molecule has 0 spiro atoms. The highest BCUT2D eigenvalue weighted by Gasteiger charge is 2.36. The maximum atomic E-state index is 6.13. The zero-order valence-electron chi connectivity index (χ0n) is 15.4. The lowest BCUT2D eigenvalue weighted by atomic mass is 9.80. The fraction of sp³-hybridized carbons (Fsp3) is 0.381. The molecule has 26 heavy (non-hydrogen) atoms. The predicted octanol–water partition coefficient (Wildman–Crippen LogP) is 3.92. The summed E-state index contributed by atoms with van der Waals surface area (Å²) in [4.78, 5) is 15.5. The maximum Gasteiger partial charge on any atom is 0.200 e. The van der Waals surface area contributed by atoms with Crippen LogP contribution in [0.5, 0.6) is 0 Å². The van der Waals surface area contributed by atoms with E-state index in [9.17, 15) is 0 Å². The van der Waals surface area contributed by atoms with E-state index in [1.165, 1.54) is 5.56 Å². The van der Waals surface area contributed by atoms with Crippen molar-refractivity contribution in [1.29, 1.82) is 0 Å². The van der Waals surface area contributed by atoms with Crippen LogP contribution in [-0.4, -0.2) is 28.0 Å². The van der Waals surface area contributed by atoms with Crippen LogP contribution in [0.15, 0.2) is 53.3 Å². The Morgan fingerprint density at radius 3 is 2.58 bits per heavy atom. The van der Waals surface area contributed by atoms with Gasteiger partial charge in [-0.3, -0.25) is 0 Å². The molecule has 1 aliphatic rings. The molecule has 5 heteroatoms. The van der Waals surface area contributed by atoms with Crippen LogP contribution in [0.2, 0.25) is 0 Å². The lowest BCUT2D eigenvalue weighted by Crippen LogP contribution is -2.41. The number of anilines is 1. The van der Waals surface area contributed by atoms with Gasteiger partial charge in [0.25, 0.3) is 0 Å². The van der Waals surface area contributed by atoms with Crippen LogP contribution < -0.4 is 4.90 Å². The summed E-state index contributed by atoms with van der Waals surface area (Å²) in [6.07, 6.45) is 6.31. The third-order valence-corrected chi connectivity index (χ3v) is 5.27. The van der Waals surface area contributed by atoms with Crippen molar-refractivity contribution in [2.75, 3.05) is 18.0 Å². The molecule has 0 unspecified atom stereocenters. The second-order valence-corrected chi connectivity index (χ2v) is 7.36. The van der Waals surface area contributed by atoms with Crippen LogP contribution in [-0.2, 0) is 11.8 Å². The van der Waals surface area contributed by atoms with E-state index in [4.69, 9.17) is 4.42 Å². The van der Waals surface area contributed by atoms with Crippen LogP contribution >= 0.6 is 0 Å². The van der Waals surface area contributed by atoms with Gasteiger partial charge in [0, 0.05) is 36.7 Å². The highest BCUT2D eigenvalue weighted by atomic mass is 16.4. The van der Waals surface area contributed by atoms with Crippen LogP contribution in [0.3, 0.4) is 0 Å². The van der Waals surface area contributed by atoms with Crippen LogP contribution in [0.4, 0.5) is 5.82 Å². The van der Waals surface area contributed by atoms with Crippen molar-refractivity contribution in [1.82, 2.24) is 15.0 Å². The molecule has 0 aliphatic carbocycles. The minimum Gasteiger partial charge on any atom is -0.445 e. The lowest BCUT2D eigenvalue weighted by molar-refractivity contribution is 0.278. The fourth-order valence-electron chi connectivity index (χ4n) is 3.52. The van der Waals surface area contributed by atoms with E-state index in [0.717, 1.165) is 55.5 Å². The molecule has 134 valence electrons. The van der Waals surface area contributed by atoms with E-state index in [1.54, 1.807) is 6.33 Å². The van der Waals surface area contributed by atoms with Gasteiger partial charge in [0.1, 0.15) is 17.9 Å². The predicted molar refractivity (Wildman–Crippen MR) is 101 cm³/mol. The van der Waals surface area contributed by atoms with Gasteiger partial charge < -0.3 is 9.32 Å². The number of hydrogen-bond donors (Lipinski definition) is 0. The van der Waals surface area contributed by atoms with Gasteiger partial charge in [-0.1, -0.05) is 37.3 Å². The second-order valence-electron chi connectivity index (χ2n) is 7.36. The van der Waals surface area contributed by atoms with E-state index >= 15 is 0 Å². The largest absolute Gasteiger partial charge is 0.445 e. The number of hydrogen-bond acceptors (Lipinski definition) is 5. The molecule has 1 fully saturated rings. The quantitative estimate of drug-likeness (QED) is 0.715. The van der Waals surface area contributed by atoms with E-state index in [-0.39, 0.29) is 5.41 Å². The Kier molecular flexibility index (Phi) is 4.45. The number of rotatable bonds is 4. The number of benzene rings is 1. The Morgan fingerprint density at radius 2 is 1.85 bits per heavy atom. The molecule has 2 aromatic heterocycles. The SMILES string of the molecule is Cc1cc(N2CCC(C)(c3ncc(Cc4ccccc4)o3)CC2)ncn1. The minimum atomic E-state index is -0.0203. The Morgan fingerprint density at radius 1 is 1.08 bits per heavy atom. The van der Waals surface area contributed by atoms with Crippen molar-refractivity contribution in [3.05, 3.63) is 71.8 Å². The Hall–Kier alpha value is -2.69. The molecule has 4 rings (SSSR count). The molecule has 5 nitrogen and oxygen atoms in total. The van der Waals surface area contributed by atoms with E-state index in [1.807, 2.05) is 25.3 Å². The Bertz CT molecular complexity index is 866. The summed E-state index contributed by atoms with van der Waals surface area (Å²) in [5, 5.41) is 0. The number of aryl methyl sites for hydroxylation is 1. The first-order valence-electron chi connectivity index (χ1n) is 9.15. The maximum absolute atomic E-state index is 6.13. The first-order valence-corrected chi connectivity index (χ1v) is 9.15. The molecule has 3 heterocycles. The van der Waals surface area contributed by atoms with Gasteiger partial charge in [-0.15, -0.1) is 0 Å². The topological polar surface area (TPSA) is 55.1 Å². The van der Waals surface area contributed by atoms with E-state index < -0.39 is 0 Å². The molecular formula is C21H24N4O. The molecule has 0 bridgehead atoms. The third kappa shape index (κ3) is 3.47. The van der Waals surface area contributed by atoms with Crippen LogP contribution in [0.1, 0.15) is 42.7 Å². The van der Waals surface area contributed by atoms with Gasteiger partial charge in [-0.05, 0) is 25.3 Å². The summed E-state index contributed by atoms with van der Waals surface area (Å²) in [6, 6.07) is 12.4. The van der Waals surface area contributed by atoms with Crippen molar-refractivity contribution >= 4 is 5.82 Å². The van der Waals surface area contributed by atoms with Crippen LogP contribution in [0.25, 0.3) is 0 Å². The number of aromatic nitrogens is 3. The van der Waals surface area contributed by atoms with Gasteiger partial charge in [0.2, 0.25) is 0 Å². The van der Waals surface area contributed by atoms with Crippen molar-refractivity contribution in [2.24, 2.45) is 0 Å². The van der Waals surface area contributed by atoms with Gasteiger partial charge in [0.05, 0.1) is 6.20 Å². The molecule has 0 saturated carbocycles. The van der Waals surface area contributed by atoms with Crippen molar-refractivity contribution in [3.63, 3.8) is 0 Å². The van der Waals surface area contributed by atoms with Crippen LogP contribution in [0, 0.1) is 6.92 Å². The monoisotopic (exact) mass is 348 g/mol. The summed E-state index contributed by atoms with van der Waals surface area (Å²) >= 11 is 0. The smallest absolute Gasteiger partial charge is 0.200 e. The highest BCUT2D eigenvalue weighted by molar-refractivity contribution is 5.39. The first kappa shape index (κ1) is 16.8. The lowest BCUT2D eigenvalue weighted by Gasteiger charge is -2.37. The third-order valence-electron chi connectivity index (χ3n) is 5.27. The second kappa shape index (κ2) is 6.90. The van der Waals surface area contributed by atoms with Crippen molar-refractivity contribution in [2.45, 2.75) is 38.5 Å². The molecule has 3 aromatic rings. The van der Waals surface area contributed by atoms with Gasteiger partial charge in [-0.2, -0.15) is 0 Å². The summed E-state index contributed by atoms with van der Waals surface area (Å²) < 4.78 is 6.13. The molecule has 0 atom stereocenters. The molecule has 1 aromatic carbocycles. The van der Waals surface area contributed by atoms with Gasteiger partial charge in [-0.25, -0.2) is 15.0 Å². The summed E-state index contributed by atoms with van der Waals surface area (Å²) in [6.45, 7) is 6.15. The number of piperidine rings is 1. The summed E-state index contributed by atoms with van der Waals surface area (Å²) in [5.41, 5.74) is 2.23. The number of oxazole rings is 1. The number of nitrogens with zero attached hydrogens (tertiary/aromatic N) is 4. The zero-order valence-corrected chi connectivity index (χ0v) is 15.4. The average Bonchev–Trinajstić information content (AvgIpc) is 3.13. The normalized spacial score (nSPS) is 16.6. The first-order chi connectivity index (χ1) is 12.6. The zero-order chi connectivity index (χ0) is 18.0. The highest BCUT2D eigenvalue weighted by Crippen LogP contribution is 2.36. The molecular weight excluding hydrogens is 324 g/mol. The molecule has 1 aliphatic heterocycles. The van der Waals surface area contributed by atoms with Crippen molar-refractivity contribution < 1.29 is 4.42 Å². The summed E-state index contributed by atoms with van der Waals surface area (Å²) in [7, 11) is 0. The Labute approximate surface area is 154 Å². The van der Waals surface area contributed by atoms with Gasteiger partial charge >= 0.3 is 0 Å². The molecule has 0 N–H and O–H groups in total. The average molecular weight is 348 g/mol. The van der Waals surface area contributed by atoms with E-state index in [0.29, 0.717) is 0 Å². The summed E-state index contributed by atoms with van der Waals surface area (Å²) in [5.74, 6) is 2.81. The standard InChI is InChI=1S/C21H24N4O/c1-16-12-19(24-15-23-16)25-10-8-21(2,9-11-25)20-22-14-18(26-20)13-17-6-4-3-5-7-17/h3-7,12,14-15H,8-11,13H2,1-2H3. The minimum absolute atomic E-state index is 0.0203.